The van der Waals surface area contributed by atoms with Gasteiger partial charge in [-0.05, 0) is 6.07 Å². The highest BCUT2D eigenvalue weighted by atomic mass is 16.7. The molecule has 2 N–H and O–H groups in total. The van der Waals surface area contributed by atoms with E-state index < -0.39 is 17.1 Å². The van der Waals surface area contributed by atoms with Gasteiger partial charge in [0.2, 0.25) is 5.91 Å². The molecule has 2 rings (SSSR count). The number of nitrogens with zero attached hydrogens (tertiary/aromatic N) is 1. The van der Waals surface area contributed by atoms with Gasteiger partial charge in [0.05, 0.1) is 10.5 Å². The molecule has 0 bridgehead atoms. The molecule has 6 nitrogen and oxygen atoms in total. The molecule has 0 radical (unpaired) electrons. The van der Waals surface area contributed by atoms with Gasteiger partial charge in [-0.1, -0.05) is 18.2 Å². The van der Waals surface area contributed by atoms with E-state index in [1.165, 1.54) is 0 Å². The van der Waals surface area contributed by atoms with Gasteiger partial charge in [0.1, 0.15) is 5.75 Å². The highest BCUT2D eigenvalue weighted by molar-refractivity contribution is 6.19. The van der Waals surface area contributed by atoms with Crippen LogP contribution in [0.5, 0.6) is 5.75 Å². The smallest absolute Gasteiger partial charge is 0.375 e. The van der Waals surface area contributed by atoms with Crippen LogP contribution in [0, 0.1) is 10.1 Å². The quantitative estimate of drug-likeness (QED) is 0.581. The van der Waals surface area contributed by atoms with Crippen molar-refractivity contribution in [1.82, 2.24) is 0 Å². The number of amides is 1. The summed E-state index contributed by atoms with van der Waals surface area (Å²) in [5.41, 5.74) is 5.75. The van der Waals surface area contributed by atoms with Gasteiger partial charge in [-0.3, -0.25) is 14.9 Å². The van der Waals surface area contributed by atoms with Crippen molar-refractivity contribution in [2.75, 3.05) is 0 Å². The summed E-state index contributed by atoms with van der Waals surface area (Å²) >= 11 is 0. The highest BCUT2D eigenvalue weighted by Crippen LogP contribution is 2.31. The molecule has 16 heavy (non-hydrogen) atoms. The molecule has 1 aliphatic rings. The molecule has 0 saturated carbocycles. The average Bonchev–Trinajstić information content (AvgIpc) is 2.27. The van der Waals surface area contributed by atoms with Gasteiger partial charge in [0.15, 0.2) is 0 Å². The fourth-order valence-corrected chi connectivity index (χ4v) is 1.51. The van der Waals surface area contributed by atoms with Crippen LogP contribution < -0.4 is 10.5 Å². The minimum absolute atomic E-state index is 0.114. The summed E-state index contributed by atoms with van der Waals surface area (Å²) in [6.45, 7) is 0. The lowest BCUT2D eigenvalue weighted by Gasteiger charge is -2.18. The lowest BCUT2D eigenvalue weighted by Crippen LogP contribution is -2.29. The normalized spacial score (nSPS) is 18.0. The van der Waals surface area contributed by atoms with Crippen LogP contribution in [0.3, 0.4) is 0 Å². The fraction of sp³-hybridized carbons (Fsp3) is 0.100. The van der Waals surface area contributed by atoms with E-state index in [9.17, 15) is 14.9 Å². The van der Waals surface area contributed by atoms with E-state index in [-0.39, 0.29) is 5.57 Å². The molecule has 1 atom stereocenters. The molecule has 6 heteroatoms. The topological polar surface area (TPSA) is 95.5 Å². The average molecular weight is 220 g/mol. The monoisotopic (exact) mass is 220 g/mol. The number of ether oxygens (including phenoxy) is 1. The van der Waals surface area contributed by atoms with Crippen molar-refractivity contribution in [3.05, 3.63) is 46.0 Å². The molecular weight excluding hydrogens is 212 g/mol. The summed E-state index contributed by atoms with van der Waals surface area (Å²) in [6, 6.07) is 6.55. The van der Waals surface area contributed by atoms with Crippen LogP contribution in [0.2, 0.25) is 0 Å². The van der Waals surface area contributed by atoms with Crippen LogP contribution in [0.1, 0.15) is 5.56 Å². The van der Waals surface area contributed by atoms with Crippen molar-refractivity contribution in [2.24, 2.45) is 5.73 Å². The van der Waals surface area contributed by atoms with Crippen LogP contribution in [0.25, 0.3) is 5.57 Å². The van der Waals surface area contributed by atoms with Crippen LogP contribution in [-0.4, -0.2) is 17.1 Å². The van der Waals surface area contributed by atoms with Gasteiger partial charge in [-0.2, -0.15) is 0 Å². The SMILES string of the molecule is NC(=O)C1=CC([N+](=O)[O-])Oc2ccccc21. The molecular formula is C10H8N2O4. The maximum Gasteiger partial charge on any atom is 0.375 e. The lowest BCUT2D eigenvalue weighted by atomic mass is 10.0. The Bertz CT molecular complexity index is 495. The van der Waals surface area contributed by atoms with Crippen molar-refractivity contribution in [1.29, 1.82) is 0 Å². The van der Waals surface area contributed by atoms with E-state index in [4.69, 9.17) is 10.5 Å². The zero-order valence-electron chi connectivity index (χ0n) is 8.12. The Morgan fingerprint density at radius 1 is 1.44 bits per heavy atom. The van der Waals surface area contributed by atoms with Crippen molar-refractivity contribution in [3.8, 4) is 5.75 Å². The van der Waals surface area contributed by atoms with Crippen molar-refractivity contribution < 1.29 is 14.5 Å². The molecule has 0 spiro atoms. The molecule has 1 aliphatic heterocycles. The third-order valence-electron chi connectivity index (χ3n) is 2.21. The number of hydrogen-bond acceptors (Lipinski definition) is 4. The summed E-state index contributed by atoms with van der Waals surface area (Å²) < 4.78 is 5.09. The van der Waals surface area contributed by atoms with Gasteiger partial charge in [-0.25, -0.2) is 0 Å². The molecule has 1 heterocycles. The summed E-state index contributed by atoms with van der Waals surface area (Å²) in [4.78, 5) is 21.2. The molecule has 0 aliphatic carbocycles. The maximum atomic E-state index is 11.2. The zero-order chi connectivity index (χ0) is 11.7. The molecule has 1 unspecified atom stereocenters. The van der Waals surface area contributed by atoms with Crippen molar-refractivity contribution in [3.63, 3.8) is 0 Å². The van der Waals surface area contributed by atoms with Crippen molar-refractivity contribution in [2.45, 2.75) is 6.23 Å². The number of nitro groups is 1. The highest BCUT2D eigenvalue weighted by Gasteiger charge is 2.29. The third kappa shape index (κ3) is 1.60. The Balaban J connectivity index is 2.53. The van der Waals surface area contributed by atoms with Crippen LogP contribution in [-0.2, 0) is 4.79 Å². The molecule has 1 aromatic rings. The molecule has 1 amide bonds. The van der Waals surface area contributed by atoms with E-state index in [1.54, 1.807) is 24.3 Å². The third-order valence-corrected chi connectivity index (χ3v) is 2.21. The number of primary amides is 1. The van der Waals surface area contributed by atoms with E-state index in [2.05, 4.69) is 0 Å². The van der Waals surface area contributed by atoms with Gasteiger partial charge in [-0.15, -0.1) is 0 Å². The number of fused-ring (bicyclic) bond motifs is 1. The molecule has 0 fully saturated rings. The van der Waals surface area contributed by atoms with Crippen LogP contribution in [0.15, 0.2) is 30.3 Å². The van der Waals surface area contributed by atoms with Crippen LogP contribution in [0.4, 0.5) is 0 Å². The second-order valence-electron chi connectivity index (χ2n) is 3.23. The Morgan fingerprint density at radius 2 is 2.12 bits per heavy atom. The predicted molar refractivity (Wildman–Crippen MR) is 55.0 cm³/mol. The Labute approximate surface area is 90.5 Å². The van der Waals surface area contributed by atoms with Crippen molar-refractivity contribution >= 4 is 11.5 Å². The molecule has 0 aromatic heterocycles. The summed E-state index contributed by atoms with van der Waals surface area (Å²) in [7, 11) is 0. The fourth-order valence-electron chi connectivity index (χ4n) is 1.51. The van der Waals surface area contributed by atoms with Gasteiger partial charge < -0.3 is 10.5 Å². The van der Waals surface area contributed by atoms with Gasteiger partial charge in [0.25, 0.3) is 0 Å². The Hall–Kier alpha value is -2.37. The lowest BCUT2D eigenvalue weighted by molar-refractivity contribution is -0.548. The van der Waals surface area contributed by atoms with E-state index in [0.29, 0.717) is 11.3 Å². The van der Waals surface area contributed by atoms with E-state index in [1.807, 2.05) is 0 Å². The zero-order valence-corrected chi connectivity index (χ0v) is 8.12. The summed E-state index contributed by atoms with van der Waals surface area (Å²) in [5.74, 6) is -0.414. The first-order valence-electron chi connectivity index (χ1n) is 4.51. The first kappa shape index (κ1) is 10.2. The second kappa shape index (κ2) is 3.65. The first-order valence-corrected chi connectivity index (χ1v) is 4.51. The number of rotatable bonds is 2. The number of nitrogens with two attached hydrogens (primary N) is 1. The number of carbonyl (C=O) groups is 1. The number of benzene rings is 1. The predicted octanol–water partition coefficient (Wildman–Crippen LogP) is 0.551. The maximum absolute atomic E-state index is 11.2. The minimum Gasteiger partial charge on any atom is -0.426 e. The second-order valence-corrected chi connectivity index (χ2v) is 3.23. The minimum atomic E-state index is -1.36. The molecule has 82 valence electrons. The Kier molecular flexibility index (Phi) is 2.32. The first-order chi connectivity index (χ1) is 7.59. The van der Waals surface area contributed by atoms with E-state index in [0.717, 1.165) is 6.08 Å². The number of para-hydroxylation sites is 1. The van der Waals surface area contributed by atoms with Gasteiger partial charge >= 0.3 is 6.23 Å². The largest absolute Gasteiger partial charge is 0.426 e. The number of hydrogen-bond donors (Lipinski definition) is 1. The van der Waals surface area contributed by atoms with Gasteiger partial charge in [0, 0.05) is 11.6 Å². The summed E-state index contributed by atoms with van der Waals surface area (Å²) in [5, 5.41) is 10.6. The molecule has 1 aromatic carbocycles. The molecule has 0 saturated heterocycles. The van der Waals surface area contributed by atoms with E-state index >= 15 is 0 Å². The Morgan fingerprint density at radius 3 is 2.75 bits per heavy atom. The standard InChI is InChI=1S/C10H8N2O4/c11-10(13)7-5-9(12(14)15)16-8-4-2-1-3-6(7)8/h1-5,9H,(H2,11,13). The summed E-state index contributed by atoms with van der Waals surface area (Å²) in [6.07, 6.45) is -0.248. The van der Waals surface area contributed by atoms with Crippen LogP contribution >= 0.6 is 0 Å². The number of carbonyl (C=O) groups excluding carboxylic acids is 1.